The molecule has 0 aliphatic rings. The molecule has 13 aromatic rings. The Morgan fingerprint density at radius 2 is 0.833 bits per heavy atom. The fourth-order valence-electron chi connectivity index (χ4n) is 10.4. The van der Waals surface area contributed by atoms with E-state index in [4.69, 9.17) is 16.5 Å². The van der Waals surface area contributed by atoms with Gasteiger partial charge in [0.1, 0.15) is 6.07 Å². The van der Waals surface area contributed by atoms with Crippen LogP contribution in [0.4, 0.5) is 5.69 Å². The quantitative estimate of drug-likeness (QED) is 0.133. The molecule has 13 rings (SSSR count). The zero-order valence-corrected chi connectivity index (χ0v) is 31.8. The lowest BCUT2D eigenvalue weighted by Crippen LogP contribution is -2.09. The maximum Gasteiger partial charge on any atom is 0.220 e. The first-order valence-electron chi connectivity index (χ1n) is 19.9. The first-order valence-corrected chi connectivity index (χ1v) is 19.9. The van der Waals surface area contributed by atoms with Crippen LogP contribution in [0, 0.1) is 17.9 Å². The van der Waals surface area contributed by atoms with Crippen molar-refractivity contribution in [2.24, 2.45) is 0 Å². The van der Waals surface area contributed by atoms with Crippen molar-refractivity contribution in [3.8, 4) is 39.7 Å². The maximum atomic E-state index is 11.7. The van der Waals surface area contributed by atoms with Gasteiger partial charge >= 0.3 is 0 Å². The van der Waals surface area contributed by atoms with Crippen LogP contribution < -0.4 is 0 Å². The number of pyridine rings is 2. The van der Waals surface area contributed by atoms with Crippen LogP contribution in [-0.2, 0) is 0 Å². The van der Waals surface area contributed by atoms with Gasteiger partial charge in [-0.15, -0.1) is 0 Å². The Morgan fingerprint density at radius 3 is 1.32 bits per heavy atom. The van der Waals surface area contributed by atoms with Crippen molar-refractivity contribution in [2.45, 2.75) is 0 Å². The normalized spacial score (nSPS) is 12.0. The van der Waals surface area contributed by atoms with Gasteiger partial charge in [-0.1, -0.05) is 133 Å². The molecule has 6 nitrogen and oxygen atoms in total. The molecule has 274 valence electrons. The monoisotopic (exact) mass is 760 g/mol. The van der Waals surface area contributed by atoms with E-state index in [1.54, 1.807) is 0 Å². The Kier molecular flexibility index (Phi) is 6.48. The fraction of sp³-hybridized carbons (Fsp3) is 0. The number of aromatic nitrogens is 4. The molecule has 0 unspecified atom stereocenters. The van der Waals surface area contributed by atoms with Gasteiger partial charge in [-0.05, 0) is 55.6 Å². The van der Waals surface area contributed by atoms with E-state index in [1.807, 2.05) is 73.3 Å². The number of hydrogen-bond acceptors (Lipinski definition) is 3. The van der Waals surface area contributed by atoms with Gasteiger partial charge in [0.05, 0.1) is 58.0 Å². The second-order valence-electron chi connectivity index (χ2n) is 15.5. The van der Waals surface area contributed by atoms with Crippen LogP contribution in [0.1, 0.15) is 5.56 Å². The molecule has 60 heavy (non-hydrogen) atoms. The van der Waals surface area contributed by atoms with Crippen LogP contribution in [0.5, 0.6) is 0 Å². The number of hydrogen-bond donors (Lipinski definition) is 0. The highest BCUT2D eigenvalue weighted by molar-refractivity contribution is 6.36. The third-order valence-corrected chi connectivity index (χ3v) is 12.6. The van der Waals surface area contributed by atoms with E-state index in [2.05, 4.69) is 117 Å². The van der Waals surface area contributed by atoms with E-state index in [-0.39, 0.29) is 0 Å². The zero-order chi connectivity index (χ0) is 39.6. The first-order chi connectivity index (χ1) is 29.8. The predicted octanol–water partition coefficient (Wildman–Crippen LogP) is 13.9. The minimum Gasteiger partial charge on any atom is -0.318 e. The zero-order valence-electron chi connectivity index (χ0n) is 31.8. The van der Waals surface area contributed by atoms with Gasteiger partial charge in [0.2, 0.25) is 5.69 Å². The Bertz CT molecular complexity index is 3620. The molecule has 0 atom stereocenters. The minimum atomic E-state index is 0.403. The Balaban J connectivity index is 1.33. The van der Waals surface area contributed by atoms with Gasteiger partial charge in [-0.3, -0.25) is 9.97 Å². The Hall–Kier alpha value is -8.58. The lowest BCUT2D eigenvalue weighted by Gasteiger charge is -2.25. The second kappa shape index (κ2) is 12.0. The van der Waals surface area contributed by atoms with Crippen LogP contribution in [0.25, 0.3) is 125 Å². The molecule has 0 saturated carbocycles. The molecule has 4 aromatic heterocycles. The molecule has 0 aliphatic carbocycles. The van der Waals surface area contributed by atoms with Crippen molar-refractivity contribution in [3.63, 3.8) is 0 Å². The summed E-state index contributed by atoms with van der Waals surface area (Å²) in [5.41, 5.74) is 8.93. The summed E-state index contributed by atoms with van der Waals surface area (Å²) in [6.45, 7) is 9.15. The summed E-state index contributed by atoms with van der Waals surface area (Å²) >= 11 is 0. The molecule has 0 radical (unpaired) electrons. The lowest BCUT2D eigenvalue weighted by molar-refractivity contribution is 1.12. The van der Waals surface area contributed by atoms with E-state index in [9.17, 15) is 5.26 Å². The van der Waals surface area contributed by atoms with Crippen LogP contribution >= 0.6 is 0 Å². The molecule has 0 N–H and O–H groups in total. The van der Waals surface area contributed by atoms with Gasteiger partial charge in [0, 0.05) is 55.8 Å². The van der Waals surface area contributed by atoms with Gasteiger partial charge in [-0.25, -0.2) is 4.85 Å². The van der Waals surface area contributed by atoms with Crippen molar-refractivity contribution in [3.05, 3.63) is 187 Å². The average molecular weight is 761 g/mol. The highest BCUT2D eigenvalue weighted by Crippen LogP contribution is 2.54. The largest absolute Gasteiger partial charge is 0.318 e. The van der Waals surface area contributed by atoms with Gasteiger partial charge in [-0.2, -0.15) is 5.26 Å². The molecule has 0 amide bonds. The molecule has 4 heterocycles. The number of nitriles is 1. The molecule has 9 aromatic carbocycles. The van der Waals surface area contributed by atoms with Crippen LogP contribution in [0.2, 0.25) is 0 Å². The maximum absolute atomic E-state index is 11.7. The Labute approximate surface area is 342 Å². The summed E-state index contributed by atoms with van der Waals surface area (Å²) in [5.74, 6) is 0. The van der Waals surface area contributed by atoms with Gasteiger partial charge < -0.3 is 9.13 Å². The molecule has 0 spiro atoms. The van der Waals surface area contributed by atoms with Crippen molar-refractivity contribution in [1.29, 1.82) is 5.26 Å². The summed E-state index contributed by atoms with van der Waals surface area (Å²) in [6.07, 6.45) is 7.73. The summed E-state index contributed by atoms with van der Waals surface area (Å²) < 4.78 is 4.50. The van der Waals surface area contributed by atoms with Crippen LogP contribution in [-0.4, -0.2) is 19.1 Å². The summed E-state index contributed by atoms with van der Waals surface area (Å²) in [5, 5.41) is 25.1. The minimum absolute atomic E-state index is 0.403. The molecule has 0 bridgehead atoms. The van der Waals surface area contributed by atoms with E-state index in [0.29, 0.717) is 28.2 Å². The third kappa shape index (κ3) is 4.04. The molecule has 0 aliphatic heterocycles. The van der Waals surface area contributed by atoms with Crippen molar-refractivity contribution >= 4 is 92.4 Å². The Morgan fingerprint density at radius 1 is 0.417 bits per heavy atom. The number of rotatable bonds is 4. The highest BCUT2D eigenvalue weighted by atomic mass is 15.1. The lowest BCUT2D eigenvalue weighted by atomic mass is 9.88. The molecular weight excluding hydrogens is 733 g/mol. The number of fused-ring (bicyclic) bond motifs is 6. The molecular formula is C54H28N6. The van der Waals surface area contributed by atoms with Crippen LogP contribution in [0.3, 0.4) is 0 Å². The van der Waals surface area contributed by atoms with E-state index in [1.165, 1.54) is 10.8 Å². The van der Waals surface area contributed by atoms with Gasteiger partial charge in [0.25, 0.3) is 0 Å². The summed E-state index contributed by atoms with van der Waals surface area (Å²) in [6, 6.07) is 52.9. The number of nitrogens with zero attached hydrogens (tertiary/aromatic N) is 6. The fourth-order valence-corrected chi connectivity index (χ4v) is 10.4. The summed E-state index contributed by atoms with van der Waals surface area (Å²) in [7, 11) is 0. The van der Waals surface area contributed by atoms with E-state index in [0.717, 1.165) is 92.6 Å². The molecule has 6 heteroatoms. The highest BCUT2D eigenvalue weighted by Gasteiger charge is 2.33. The van der Waals surface area contributed by atoms with Crippen molar-refractivity contribution in [2.75, 3.05) is 0 Å². The molecule has 0 saturated heterocycles. The van der Waals surface area contributed by atoms with Crippen molar-refractivity contribution in [1.82, 2.24) is 19.1 Å². The average Bonchev–Trinajstić information content (AvgIpc) is 3.84. The first kappa shape index (κ1) is 32.5. The van der Waals surface area contributed by atoms with E-state index >= 15 is 0 Å². The standard InChI is InChI=1S/C54H28N6/c1-56-52-46(31-14-4-2-5-15-31)39(26-55)53(60-44-29-57-27-40-35-20-10-11-21-36(35)41-28-58-30-45(60)51(41)50(40)44)47(32-16-6-3-7-17-32)54(52)59-42-24-12-22-37-33-18-8-9-19-34(33)38-23-13-25-43(59)49(38)48(37)42/h2-25,27-30H. The van der Waals surface area contributed by atoms with Crippen LogP contribution in [0.15, 0.2) is 170 Å². The SMILES string of the molecule is [C-]#[N+]c1c(-c2ccccc2)c(C#N)c(-n2c3cncc4c5ccccc5c5cncc2c5c43)c(-c2ccccc2)c1-n1c2cccc3c4ccccc4c4cccc1c4c32. The van der Waals surface area contributed by atoms with Crippen molar-refractivity contribution < 1.29 is 0 Å². The summed E-state index contributed by atoms with van der Waals surface area (Å²) in [4.78, 5) is 14.2. The topological polar surface area (TPSA) is 63.8 Å². The predicted molar refractivity (Wildman–Crippen MR) is 245 cm³/mol. The third-order valence-electron chi connectivity index (χ3n) is 12.6. The molecule has 0 fully saturated rings. The number of benzene rings is 9. The van der Waals surface area contributed by atoms with E-state index < -0.39 is 0 Å². The second-order valence-corrected chi connectivity index (χ2v) is 15.5. The van der Waals surface area contributed by atoms with Gasteiger partial charge in [0.15, 0.2) is 0 Å². The smallest absolute Gasteiger partial charge is 0.220 e.